The molecule has 1 aliphatic rings. The van der Waals surface area contributed by atoms with Crippen LogP contribution in [0.3, 0.4) is 0 Å². The topological polar surface area (TPSA) is 65.1 Å². The Morgan fingerprint density at radius 3 is 2.60 bits per heavy atom. The molecule has 0 unspecified atom stereocenters. The van der Waals surface area contributed by atoms with E-state index in [1.165, 1.54) is 14.2 Å². The summed E-state index contributed by atoms with van der Waals surface area (Å²) in [6.07, 6.45) is 0. The van der Waals surface area contributed by atoms with Crippen molar-refractivity contribution >= 4 is 17.6 Å². The van der Waals surface area contributed by atoms with Crippen molar-refractivity contribution in [1.82, 2.24) is 0 Å². The van der Waals surface area contributed by atoms with Crippen LogP contribution in [0.2, 0.25) is 0 Å². The lowest BCUT2D eigenvalue weighted by Crippen LogP contribution is -2.38. The van der Waals surface area contributed by atoms with Gasteiger partial charge in [-0.15, -0.1) is 0 Å². The van der Waals surface area contributed by atoms with E-state index < -0.39 is 0 Å². The number of hydrogen-bond donors (Lipinski definition) is 0. The first-order chi connectivity index (χ1) is 9.63. The molecule has 20 heavy (non-hydrogen) atoms. The third-order valence-corrected chi connectivity index (χ3v) is 2.61. The summed E-state index contributed by atoms with van der Waals surface area (Å²) >= 11 is 0. The number of carbonyl (C=O) groups is 2. The average Bonchev–Trinajstić information content (AvgIpc) is 2.48. The maximum absolute atomic E-state index is 11.4. The molecule has 1 aromatic rings. The Morgan fingerprint density at radius 2 is 2.05 bits per heavy atom. The number of fused-ring (bicyclic) bond motifs is 1. The Morgan fingerprint density at radius 1 is 1.35 bits per heavy atom. The van der Waals surface area contributed by atoms with Crippen molar-refractivity contribution in [1.29, 1.82) is 0 Å². The van der Waals surface area contributed by atoms with Crippen molar-refractivity contribution in [2.75, 3.05) is 38.9 Å². The van der Waals surface area contributed by atoms with E-state index in [1.807, 2.05) is 31.2 Å². The van der Waals surface area contributed by atoms with Crippen molar-refractivity contribution < 1.29 is 23.8 Å². The zero-order valence-electron chi connectivity index (χ0n) is 11.9. The number of benzene rings is 1. The van der Waals surface area contributed by atoms with Gasteiger partial charge in [0.2, 0.25) is 0 Å². The number of esters is 1. The van der Waals surface area contributed by atoms with E-state index in [0.717, 1.165) is 11.4 Å². The monoisotopic (exact) mass is 281 g/mol. The lowest BCUT2D eigenvalue weighted by atomic mass is 10.2. The Labute approximate surface area is 118 Å². The van der Waals surface area contributed by atoms with E-state index in [4.69, 9.17) is 4.74 Å². The molecule has 2 rings (SSSR count). The number of likely N-dealkylation sites (N-methyl/N-ethyl adjacent to an activating group) is 1. The van der Waals surface area contributed by atoms with Gasteiger partial charge < -0.3 is 19.1 Å². The highest BCUT2D eigenvalue weighted by molar-refractivity contribution is 5.97. The third-order valence-electron chi connectivity index (χ3n) is 2.61. The number of carbonyl (C=O) groups excluding carboxylic acids is 2. The molecule has 110 valence electrons. The van der Waals surface area contributed by atoms with Gasteiger partial charge in [0, 0.05) is 13.7 Å². The van der Waals surface area contributed by atoms with Crippen LogP contribution in [-0.4, -0.2) is 45.9 Å². The van der Waals surface area contributed by atoms with Gasteiger partial charge in [-0.3, -0.25) is 4.79 Å². The Balaban J connectivity index is 0.000000246. The Hall–Kier alpha value is -2.08. The van der Waals surface area contributed by atoms with Crippen molar-refractivity contribution in [3.8, 4) is 5.75 Å². The standard InChI is InChI=1S/C10H11NO2.C4H8O3/c1-2-11-8-5-3-4-6-9(8)13-7-10(11)12;1-6-3-4(5)7-2/h3-6H,2,7H2,1H3;3H2,1-2H3. The van der Waals surface area contributed by atoms with E-state index in [1.54, 1.807) is 4.90 Å². The summed E-state index contributed by atoms with van der Waals surface area (Å²) in [5.41, 5.74) is 0.876. The van der Waals surface area contributed by atoms with Crippen LogP contribution >= 0.6 is 0 Å². The summed E-state index contributed by atoms with van der Waals surface area (Å²) in [5, 5.41) is 0. The van der Waals surface area contributed by atoms with Crippen LogP contribution < -0.4 is 9.64 Å². The van der Waals surface area contributed by atoms with Crippen molar-refractivity contribution in [3.63, 3.8) is 0 Å². The van der Waals surface area contributed by atoms with E-state index in [2.05, 4.69) is 9.47 Å². The molecule has 1 heterocycles. The second kappa shape index (κ2) is 8.16. The van der Waals surface area contributed by atoms with Crippen molar-refractivity contribution in [2.24, 2.45) is 0 Å². The fourth-order valence-electron chi connectivity index (χ4n) is 1.68. The fourth-order valence-corrected chi connectivity index (χ4v) is 1.68. The molecule has 1 amide bonds. The van der Waals surface area contributed by atoms with Crippen molar-refractivity contribution in [3.05, 3.63) is 24.3 Å². The van der Waals surface area contributed by atoms with E-state index in [9.17, 15) is 9.59 Å². The quantitative estimate of drug-likeness (QED) is 0.780. The number of anilines is 1. The number of ether oxygens (including phenoxy) is 3. The largest absolute Gasteiger partial charge is 0.482 e. The van der Waals surface area contributed by atoms with Gasteiger partial charge in [-0.1, -0.05) is 12.1 Å². The molecule has 0 atom stereocenters. The molecule has 6 nitrogen and oxygen atoms in total. The molecule has 1 aromatic carbocycles. The van der Waals surface area contributed by atoms with Crippen LogP contribution in [0.1, 0.15) is 6.92 Å². The van der Waals surface area contributed by atoms with E-state index >= 15 is 0 Å². The molecule has 0 radical (unpaired) electrons. The van der Waals surface area contributed by atoms with Crippen molar-refractivity contribution in [2.45, 2.75) is 6.92 Å². The second-order valence-corrected chi connectivity index (χ2v) is 3.90. The summed E-state index contributed by atoms with van der Waals surface area (Å²) in [5.74, 6) is 0.479. The second-order valence-electron chi connectivity index (χ2n) is 3.90. The molecule has 0 saturated heterocycles. The molecule has 6 heteroatoms. The first-order valence-corrected chi connectivity index (χ1v) is 6.22. The highest BCUT2D eigenvalue weighted by Crippen LogP contribution is 2.30. The molecular formula is C14H19NO5. The van der Waals surface area contributed by atoms with Crippen LogP contribution in [0.5, 0.6) is 5.75 Å². The first-order valence-electron chi connectivity index (χ1n) is 6.22. The fraction of sp³-hybridized carbons (Fsp3) is 0.429. The normalized spacial score (nSPS) is 12.8. The van der Waals surface area contributed by atoms with Crippen LogP contribution in [-0.2, 0) is 19.1 Å². The van der Waals surface area contributed by atoms with Gasteiger partial charge in [-0.05, 0) is 19.1 Å². The summed E-state index contributed by atoms with van der Waals surface area (Å²) in [7, 11) is 2.76. The smallest absolute Gasteiger partial charge is 0.331 e. The zero-order valence-corrected chi connectivity index (χ0v) is 11.9. The van der Waals surface area contributed by atoms with Gasteiger partial charge >= 0.3 is 5.97 Å². The molecule has 0 N–H and O–H groups in total. The first kappa shape index (κ1) is 16.0. The molecule has 0 bridgehead atoms. The number of para-hydroxylation sites is 2. The molecule has 0 saturated carbocycles. The maximum atomic E-state index is 11.4. The molecule has 0 spiro atoms. The predicted molar refractivity (Wildman–Crippen MR) is 73.9 cm³/mol. The number of hydrogen-bond acceptors (Lipinski definition) is 5. The maximum Gasteiger partial charge on any atom is 0.331 e. The van der Waals surface area contributed by atoms with Gasteiger partial charge in [-0.2, -0.15) is 0 Å². The summed E-state index contributed by atoms with van der Waals surface area (Å²) in [6.45, 7) is 2.85. The molecule has 0 aromatic heterocycles. The molecule has 0 fully saturated rings. The zero-order chi connectivity index (χ0) is 15.0. The van der Waals surface area contributed by atoms with E-state index in [-0.39, 0.29) is 25.1 Å². The Bertz CT molecular complexity index is 461. The van der Waals surface area contributed by atoms with Crippen LogP contribution in [0.25, 0.3) is 0 Å². The Kier molecular flexibility index (Phi) is 6.52. The average molecular weight is 281 g/mol. The molecular weight excluding hydrogens is 262 g/mol. The SMILES string of the molecule is CCN1C(=O)COc2ccccc21.COCC(=O)OC. The summed E-state index contributed by atoms with van der Waals surface area (Å²) < 4.78 is 13.9. The van der Waals surface area contributed by atoms with Gasteiger partial charge in [0.1, 0.15) is 12.4 Å². The third kappa shape index (κ3) is 4.24. The number of rotatable bonds is 3. The molecule has 1 aliphatic heterocycles. The highest BCUT2D eigenvalue weighted by Gasteiger charge is 2.22. The van der Waals surface area contributed by atoms with Gasteiger partial charge in [0.05, 0.1) is 12.8 Å². The van der Waals surface area contributed by atoms with Crippen LogP contribution in [0.4, 0.5) is 5.69 Å². The predicted octanol–water partition coefficient (Wildman–Crippen LogP) is 1.24. The number of nitrogens with zero attached hydrogens (tertiary/aromatic N) is 1. The minimum atomic E-state index is -0.345. The summed E-state index contributed by atoms with van der Waals surface area (Å²) in [4.78, 5) is 23.2. The lowest BCUT2D eigenvalue weighted by molar-refractivity contribution is -0.144. The minimum Gasteiger partial charge on any atom is -0.482 e. The lowest BCUT2D eigenvalue weighted by Gasteiger charge is -2.27. The van der Waals surface area contributed by atoms with Crippen LogP contribution in [0, 0.1) is 0 Å². The summed E-state index contributed by atoms with van der Waals surface area (Å²) in [6, 6.07) is 7.59. The molecule has 0 aliphatic carbocycles. The van der Waals surface area contributed by atoms with Gasteiger partial charge in [0.15, 0.2) is 6.61 Å². The minimum absolute atomic E-state index is 0.0289. The number of methoxy groups -OCH3 is 2. The highest BCUT2D eigenvalue weighted by atomic mass is 16.6. The number of amides is 1. The van der Waals surface area contributed by atoms with Crippen LogP contribution in [0.15, 0.2) is 24.3 Å². The van der Waals surface area contributed by atoms with Gasteiger partial charge in [-0.25, -0.2) is 4.79 Å². The van der Waals surface area contributed by atoms with E-state index in [0.29, 0.717) is 6.54 Å². The van der Waals surface area contributed by atoms with Gasteiger partial charge in [0.25, 0.3) is 5.91 Å².